The summed E-state index contributed by atoms with van der Waals surface area (Å²) in [6, 6.07) is 4.47. The van der Waals surface area contributed by atoms with Crippen LogP contribution in [0.25, 0.3) is 0 Å². The molecule has 3 N–H and O–H groups in total. The van der Waals surface area contributed by atoms with E-state index in [1.165, 1.54) is 0 Å². The molecule has 0 aliphatic carbocycles. The summed E-state index contributed by atoms with van der Waals surface area (Å²) >= 11 is 0. The fraction of sp³-hybridized carbons (Fsp3) is 0.444. The third kappa shape index (κ3) is 2.48. The van der Waals surface area contributed by atoms with Crippen molar-refractivity contribution in [3.05, 3.63) is 29.3 Å². The zero-order valence-corrected chi connectivity index (χ0v) is 14.2. The van der Waals surface area contributed by atoms with E-state index in [0.717, 1.165) is 30.0 Å². The van der Waals surface area contributed by atoms with Crippen LogP contribution in [0, 0.1) is 0 Å². The third-order valence-electron chi connectivity index (χ3n) is 5.40. The topological polar surface area (TPSA) is 113 Å². The molecule has 3 aliphatic heterocycles. The number of carbonyl (C=O) groups is 4. The van der Waals surface area contributed by atoms with Gasteiger partial charge in [0.15, 0.2) is 0 Å². The molecule has 1 aromatic rings. The molecule has 4 rings (SSSR count). The van der Waals surface area contributed by atoms with Crippen molar-refractivity contribution in [1.29, 1.82) is 0 Å². The number of hydrogen-bond donors (Lipinski definition) is 2. The van der Waals surface area contributed by atoms with Gasteiger partial charge in [-0.25, -0.2) is 0 Å². The van der Waals surface area contributed by atoms with Gasteiger partial charge in [-0.05, 0) is 37.5 Å². The van der Waals surface area contributed by atoms with Crippen LogP contribution in [0.2, 0.25) is 0 Å². The molecule has 2 fully saturated rings. The van der Waals surface area contributed by atoms with Crippen LogP contribution >= 0.6 is 0 Å². The molecule has 4 amide bonds. The molecule has 0 saturated carbocycles. The smallest absolute Gasteiger partial charge is 0.262 e. The Morgan fingerprint density at radius 3 is 2.58 bits per heavy atom. The van der Waals surface area contributed by atoms with Crippen LogP contribution in [0.4, 0.5) is 5.69 Å². The highest BCUT2D eigenvalue weighted by Crippen LogP contribution is 2.32. The maximum Gasteiger partial charge on any atom is 0.262 e. The van der Waals surface area contributed by atoms with Crippen molar-refractivity contribution in [3.63, 3.8) is 0 Å². The van der Waals surface area contributed by atoms with Crippen LogP contribution in [0.3, 0.4) is 0 Å². The molecule has 1 unspecified atom stereocenters. The number of nitrogens with one attached hydrogen (secondary N) is 1. The number of rotatable bonds is 3. The van der Waals surface area contributed by atoms with Gasteiger partial charge in [0.2, 0.25) is 11.8 Å². The minimum atomic E-state index is -0.938. The first-order valence-electron chi connectivity index (χ1n) is 8.83. The molecule has 0 aromatic heterocycles. The molecule has 1 aromatic carbocycles. The summed E-state index contributed by atoms with van der Waals surface area (Å²) in [4.78, 5) is 52.1. The van der Waals surface area contributed by atoms with Gasteiger partial charge < -0.3 is 10.6 Å². The summed E-state index contributed by atoms with van der Waals surface area (Å²) in [5.74, 6) is -1.95. The number of carbonyl (C=O) groups excluding carboxylic acids is 4. The number of benzene rings is 1. The van der Waals surface area contributed by atoms with E-state index in [4.69, 9.17) is 5.73 Å². The Morgan fingerprint density at radius 1 is 1.08 bits per heavy atom. The number of anilines is 1. The highest BCUT2D eigenvalue weighted by atomic mass is 16.2. The van der Waals surface area contributed by atoms with Gasteiger partial charge in [0.05, 0.1) is 11.1 Å². The second-order valence-corrected chi connectivity index (χ2v) is 6.90. The summed E-state index contributed by atoms with van der Waals surface area (Å²) < 4.78 is 0. The fourth-order valence-electron chi connectivity index (χ4n) is 4.06. The Bertz CT molecular complexity index is 821. The van der Waals surface area contributed by atoms with E-state index in [-0.39, 0.29) is 24.8 Å². The van der Waals surface area contributed by atoms with Crippen LogP contribution in [-0.4, -0.2) is 53.7 Å². The summed E-state index contributed by atoms with van der Waals surface area (Å²) in [6.45, 7) is 1.39. The standard InChI is InChI=1S/C18H20N4O4/c19-9-11-2-1-7-21(11)10-3-4-12-13(8-10)18(26)22(17(12)25)14-5-6-15(23)20-16(14)24/h3-4,8,11,14H,1-2,5-7,9,19H2,(H,20,23,24)/t11-,14?/m1/s1. The molecule has 8 heteroatoms. The second-order valence-electron chi connectivity index (χ2n) is 6.90. The first-order chi connectivity index (χ1) is 12.5. The molecular formula is C18H20N4O4. The highest BCUT2D eigenvalue weighted by molar-refractivity contribution is 6.23. The fourth-order valence-corrected chi connectivity index (χ4v) is 4.06. The molecule has 2 atom stereocenters. The minimum absolute atomic E-state index is 0.112. The lowest BCUT2D eigenvalue weighted by Crippen LogP contribution is -2.54. The molecule has 3 heterocycles. The third-order valence-corrected chi connectivity index (χ3v) is 5.40. The van der Waals surface area contributed by atoms with Crippen LogP contribution in [0.1, 0.15) is 46.4 Å². The normalized spacial score (nSPS) is 25.7. The molecule has 0 spiro atoms. The van der Waals surface area contributed by atoms with Crippen molar-refractivity contribution < 1.29 is 19.2 Å². The van der Waals surface area contributed by atoms with E-state index in [1.807, 2.05) is 6.07 Å². The van der Waals surface area contributed by atoms with Crippen molar-refractivity contribution in [2.75, 3.05) is 18.0 Å². The Morgan fingerprint density at radius 2 is 1.85 bits per heavy atom. The van der Waals surface area contributed by atoms with Crippen molar-refractivity contribution in [2.24, 2.45) is 5.73 Å². The number of nitrogens with two attached hydrogens (primary N) is 1. The Labute approximate surface area is 150 Å². The van der Waals surface area contributed by atoms with Gasteiger partial charge in [-0.15, -0.1) is 0 Å². The van der Waals surface area contributed by atoms with Crippen molar-refractivity contribution in [3.8, 4) is 0 Å². The zero-order valence-electron chi connectivity index (χ0n) is 14.2. The van der Waals surface area contributed by atoms with Crippen molar-refractivity contribution in [2.45, 2.75) is 37.8 Å². The van der Waals surface area contributed by atoms with Gasteiger partial charge >= 0.3 is 0 Å². The number of hydrogen-bond acceptors (Lipinski definition) is 6. The number of nitrogens with zero attached hydrogens (tertiary/aromatic N) is 2. The van der Waals surface area contributed by atoms with Crippen molar-refractivity contribution in [1.82, 2.24) is 10.2 Å². The van der Waals surface area contributed by atoms with Crippen LogP contribution in [0.5, 0.6) is 0 Å². The van der Waals surface area contributed by atoms with Crippen LogP contribution in [-0.2, 0) is 9.59 Å². The van der Waals surface area contributed by atoms with Gasteiger partial charge in [-0.1, -0.05) is 0 Å². The summed E-state index contributed by atoms with van der Waals surface area (Å²) in [5.41, 5.74) is 7.29. The van der Waals surface area contributed by atoms with Crippen LogP contribution < -0.4 is 16.0 Å². The molecular weight excluding hydrogens is 336 g/mol. The molecule has 26 heavy (non-hydrogen) atoms. The first-order valence-corrected chi connectivity index (χ1v) is 8.83. The predicted molar refractivity (Wildman–Crippen MR) is 92.5 cm³/mol. The molecule has 3 aliphatic rings. The molecule has 2 saturated heterocycles. The van der Waals surface area contributed by atoms with E-state index in [0.29, 0.717) is 17.7 Å². The lowest BCUT2D eigenvalue weighted by Gasteiger charge is -2.27. The maximum absolute atomic E-state index is 12.8. The molecule has 0 radical (unpaired) electrons. The number of fused-ring (bicyclic) bond motifs is 1. The molecule has 0 bridgehead atoms. The second kappa shape index (κ2) is 6.21. The number of imide groups is 2. The first kappa shape index (κ1) is 16.7. The van der Waals surface area contributed by atoms with Gasteiger partial charge in [0, 0.05) is 31.2 Å². The Hall–Kier alpha value is -2.74. The largest absolute Gasteiger partial charge is 0.367 e. The van der Waals surface area contributed by atoms with Gasteiger partial charge in [-0.2, -0.15) is 0 Å². The zero-order chi connectivity index (χ0) is 18.4. The SMILES string of the molecule is NC[C@H]1CCCN1c1ccc2c(c1)C(=O)N(C1CCC(=O)NC1=O)C2=O. The van der Waals surface area contributed by atoms with E-state index < -0.39 is 23.8 Å². The minimum Gasteiger partial charge on any atom is -0.367 e. The quantitative estimate of drug-likeness (QED) is 0.738. The van der Waals surface area contributed by atoms with E-state index in [1.54, 1.807) is 12.1 Å². The predicted octanol–water partition coefficient (Wildman–Crippen LogP) is 0.0153. The molecule has 8 nitrogen and oxygen atoms in total. The summed E-state index contributed by atoms with van der Waals surface area (Å²) in [6.07, 6.45) is 2.31. The monoisotopic (exact) mass is 356 g/mol. The lowest BCUT2D eigenvalue weighted by molar-refractivity contribution is -0.136. The Kier molecular flexibility index (Phi) is 3.99. The Balaban J connectivity index is 1.64. The van der Waals surface area contributed by atoms with E-state index in [2.05, 4.69) is 10.2 Å². The summed E-state index contributed by atoms with van der Waals surface area (Å²) in [5, 5.41) is 2.20. The summed E-state index contributed by atoms with van der Waals surface area (Å²) in [7, 11) is 0. The highest BCUT2D eigenvalue weighted by Gasteiger charge is 2.44. The van der Waals surface area contributed by atoms with Crippen molar-refractivity contribution >= 4 is 29.3 Å². The van der Waals surface area contributed by atoms with E-state index in [9.17, 15) is 19.2 Å². The van der Waals surface area contributed by atoms with Gasteiger partial charge in [0.25, 0.3) is 11.8 Å². The maximum atomic E-state index is 12.8. The number of piperidine rings is 1. The van der Waals surface area contributed by atoms with Gasteiger partial charge in [-0.3, -0.25) is 29.4 Å². The average Bonchev–Trinajstić information content (AvgIpc) is 3.19. The molecule has 136 valence electrons. The average molecular weight is 356 g/mol. The van der Waals surface area contributed by atoms with Gasteiger partial charge in [0.1, 0.15) is 6.04 Å². The number of amides is 4. The lowest BCUT2D eigenvalue weighted by atomic mass is 10.0. The van der Waals surface area contributed by atoms with Crippen LogP contribution in [0.15, 0.2) is 18.2 Å². The van der Waals surface area contributed by atoms with E-state index >= 15 is 0 Å².